The number of hydrogen-bond donors (Lipinski definition) is 1. The van der Waals surface area contributed by atoms with Gasteiger partial charge in [-0.25, -0.2) is 0 Å². The Kier molecular flexibility index (Phi) is 1.65. The van der Waals surface area contributed by atoms with Crippen molar-refractivity contribution in [3.63, 3.8) is 0 Å². The number of likely N-dealkylation sites (N-methyl/N-ethyl adjacent to an activating group) is 1. The highest BCUT2D eigenvalue weighted by atomic mass is 16.5. The Morgan fingerprint density at radius 1 is 1.43 bits per heavy atom. The van der Waals surface area contributed by atoms with Crippen LogP contribution in [0, 0.1) is 0 Å². The summed E-state index contributed by atoms with van der Waals surface area (Å²) in [6.45, 7) is 4.26. The van der Waals surface area contributed by atoms with Crippen LogP contribution in [0.4, 0.5) is 0 Å². The van der Waals surface area contributed by atoms with Crippen molar-refractivity contribution in [2.75, 3.05) is 33.4 Å². The summed E-state index contributed by atoms with van der Waals surface area (Å²) in [6.07, 6.45) is 0. The smallest absolute Gasteiger partial charge is 0.101 e. The molecule has 0 amide bonds. The van der Waals surface area contributed by atoms with Gasteiger partial charge >= 0.3 is 0 Å². The first-order valence-electron chi connectivity index (χ1n) is 2.78. The van der Waals surface area contributed by atoms with Gasteiger partial charge in [0.2, 0.25) is 0 Å². The summed E-state index contributed by atoms with van der Waals surface area (Å²) in [4.78, 5) is 1.59. The topological polar surface area (TPSA) is 13.7 Å². The van der Waals surface area contributed by atoms with Crippen LogP contribution >= 0.6 is 0 Å². The van der Waals surface area contributed by atoms with Crippen LogP contribution in [0.25, 0.3) is 0 Å². The summed E-state index contributed by atoms with van der Waals surface area (Å²) in [5.41, 5.74) is 0. The van der Waals surface area contributed by atoms with Crippen molar-refractivity contribution in [3.8, 4) is 0 Å². The van der Waals surface area contributed by atoms with Gasteiger partial charge < -0.3 is 9.64 Å². The summed E-state index contributed by atoms with van der Waals surface area (Å²) in [5.74, 6) is 0. The molecule has 1 fully saturated rings. The molecule has 1 saturated heterocycles. The first-order chi connectivity index (χ1) is 3.39. The Bertz CT molecular complexity index is 54.4. The maximum Gasteiger partial charge on any atom is 0.101 e. The highest BCUT2D eigenvalue weighted by Gasteiger charge is 2.05. The van der Waals surface area contributed by atoms with E-state index in [0.717, 1.165) is 13.2 Å². The average Bonchev–Trinajstić information content (AvgIpc) is 1.69. The van der Waals surface area contributed by atoms with E-state index in [1.807, 2.05) is 0 Å². The van der Waals surface area contributed by atoms with E-state index in [0.29, 0.717) is 0 Å². The lowest BCUT2D eigenvalue weighted by atomic mass is 10.5. The van der Waals surface area contributed by atoms with Gasteiger partial charge in [-0.05, 0) is 0 Å². The van der Waals surface area contributed by atoms with E-state index in [1.54, 1.807) is 4.90 Å². The Labute approximate surface area is 45.6 Å². The van der Waals surface area contributed by atoms with Crippen LogP contribution in [-0.2, 0) is 4.74 Å². The van der Waals surface area contributed by atoms with Gasteiger partial charge in [0.15, 0.2) is 0 Å². The molecule has 1 N–H and O–H groups in total. The second-order valence-corrected chi connectivity index (χ2v) is 2.07. The standard InChI is InChI=1S/C5H11NO.H2/c1-6-2-4-7-5-3-6;/h2-5H2,1H3;1H/p+1. The second-order valence-electron chi connectivity index (χ2n) is 2.07. The number of quaternary nitrogens is 1. The Hall–Kier alpha value is -0.0800. The van der Waals surface area contributed by atoms with E-state index in [1.165, 1.54) is 13.1 Å². The third-order valence-electron chi connectivity index (χ3n) is 1.35. The summed E-state index contributed by atoms with van der Waals surface area (Å²) in [6, 6.07) is 0. The number of hydrogen-bond acceptors (Lipinski definition) is 1. The number of ether oxygens (including phenoxy) is 1. The second kappa shape index (κ2) is 2.28. The van der Waals surface area contributed by atoms with Crippen molar-refractivity contribution in [3.05, 3.63) is 0 Å². The fraction of sp³-hybridized carbons (Fsp3) is 1.00. The molecule has 0 saturated carbocycles. The molecule has 0 spiro atoms. The molecule has 0 aromatic rings. The van der Waals surface area contributed by atoms with Crippen LogP contribution in [0.15, 0.2) is 0 Å². The van der Waals surface area contributed by atoms with Gasteiger partial charge in [0, 0.05) is 1.43 Å². The molecular formula is C5H14NO+. The predicted molar refractivity (Wildman–Crippen MR) is 29.6 cm³/mol. The van der Waals surface area contributed by atoms with Crippen LogP contribution in [0.5, 0.6) is 0 Å². The monoisotopic (exact) mass is 104 g/mol. The number of nitrogens with one attached hydrogen (secondary N) is 1. The maximum atomic E-state index is 5.12. The van der Waals surface area contributed by atoms with Gasteiger partial charge in [-0.15, -0.1) is 0 Å². The maximum absolute atomic E-state index is 5.12. The predicted octanol–water partition coefficient (Wildman–Crippen LogP) is -1.22. The Balaban J connectivity index is 0.000000490. The third kappa shape index (κ3) is 1.45. The van der Waals surface area contributed by atoms with E-state index in [-0.39, 0.29) is 1.43 Å². The van der Waals surface area contributed by atoms with Gasteiger partial charge in [-0.3, -0.25) is 0 Å². The first kappa shape index (κ1) is 5.06. The summed E-state index contributed by atoms with van der Waals surface area (Å²) < 4.78 is 5.12. The molecule has 0 aromatic heterocycles. The molecule has 2 heteroatoms. The highest BCUT2D eigenvalue weighted by Crippen LogP contribution is 1.71. The van der Waals surface area contributed by atoms with E-state index >= 15 is 0 Å². The van der Waals surface area contributed by atoms with Crippen LogP contribution in [0.2, 0.25) is 0 Å². The molecule has 0 aliphatic carbocycles. The summed E-state index contributed by atoms with van der Waals surface area (Å²) in [5, 5.41) is 0. The largest absolute Gasteiger partial charge is 0.370 e. The number of rotatable bonds is 0. The van der Waals surface area contributed by atoms with Crippen molar-refractivity contribution in [1.82, 2.24) is 0 Å². The van der Waals surface area contributed by atoms with Crippen LogP contribution in [0.1, 0.15) is 1.43 Å². The average molecular weight is 104 g/mol. The minimum Gasteiger partial charge on any atom is -0.370 e. The Morgan fingerprint density at radius 3 is 2.29 bits per heavy atom. The highest BCUT2D eigenvalue weighted by molar-refractivity contribution is 4.34. The van der Waals surface area contributed by atoms with E-state index in [9.17, 15) is 0 Å². The summed E-state index contributed by atoms with van der Waals surface area (Å²) in [7, 11) is 2.20. The molecule has 1 heterocycles. The van der Waals surface area contributed by atoms with Gasteiger partial charge in [-0.1, -0.05) is 0 Å². The van der Waals surface area contributed by atoms with Crippen LogP contribution in [0.3, 0.4) is 0 Å². The molecule has 0 atom stereocenters. The lowest BCUT2D eigenvalue weighted by Crippen LogP contribution is -3.11. The fourth-order valence-electron chi connectivity index (χ4n) is 0.720. The van der Waals surface area contributed by atoms with Crippen molar-refractivity contribution in [2.45, 2.75) is 0 Å². The SMILES string of the molecule is C[NH+]1CCOCC1.[HH]. The van der Waals surface area contributed by atoms with E-state index < -0.39 is 0 Å². The van der Waals surface area contributed by atoms with Crippen LogP contribution in [-0.4, -0.2) is 33.4 Å². The van der Waals surface area contributed by atoms with Gasteiger partial charge in [-0.2, -0.15) is 0 Å². The zero-order valence-electron chi connectivity index (χ0n) is 4.74. The molecule has 0 radical (unpaired) electrons. The minimum absolute atomic E-state index is 0. The lowest BCUT2D eigenvalue weighted by Gasteiger charge is -2.18. The van der Waals surface area contributed by atoms with Crippen molar-refractivity contribution >= 4 is 0 Å². The molecule has 1 rings (SSSR count). The molecule has 0 bridgehead atoms. The summed E-state index contributed by atoms with van der Waals surface area (Å²) >= 11 is 0. The molecule has 0 unspecified atom stereocenters. The first-order valence-corrected chi connectivity index (χ1v) is 2.78. The minimum atomic E-state index is 0. The molecule has 7 heavy (non-hydrogen) atoms. The third-order valence-corrected chi connectivity index (χ3v) is 1.35. The lowest BCUT2D eigenvalue weighted by molar-refractivity contribution is -0.888. The van der Waals surface area contributed by atoms with Crippen molar-refractivity contribution in [2.24, 2.45) is 0 Å². The fourth-order valence-corrected chi connectivity index (χ4v) is 0.720. The van der Waals surface area contributed by atoms with Gasteiger partial charge in [0.25, 0.3) is 0 Å². The zero-order chi connectivity index (χ0) is 5.11. The van der Waals surface area contributed by atoms with Gasteiger partial charge in [0.05, 0.1) is 20.3 Å². The van der Waals surface area contributed by atoms with E-state index in [4.69, 9.17) is 4.74 Å². The zero-order valence-corrected chi connectivity index (χ0v) is 4.74. The van der Waals surface area contributed by atoms with E-state index in [2.05, 4.69) is 7.05 Å². The normalized spacial score (nSPS) is 25.3. The Morgan fingerprint density at radius 2 is 2.00 bits per heavy atom. The molecule has 2 nitrogen and oxygen atoms in total. The molecule has 1 aliphatic rings. The van der Waals surface area contributed by atoms with Crippen molar-refractivity contribution in [1.29, 1.82) is 0 Å². The molecule has 0 aromatic carbocycles. The molecule has 44 valence electrons. The van der Waals surface area contributed by atoms with Crippen molar-refractivity contribution < 1.29 is 11.1 Å². The van der Waals surface area contributed by atoms with Crippen LogP contribution < -0.4 is 4.90 Å². The van der Waals surface area contributed by atoms with Gasteiger partial charge in [0.1, 0.15) is 13.1 Å². The quantitative estimate of drug-likeness (QED) is 0.406. The number of morpholine rings is 1. The molecule has 1 aliphatic heterocycles. The molecular weight excluding hydrogens is 90.1 g/mol.